The second-order valence-electron chi connectivity index (χ2n) is 32.3. The summed E-state index contributed by atoms with van der Waals surface area (Å²) in [6.07, 6.45) is 8.35. The number of aryl methyl sites for hydroxylation is 16. The molecule has 600 valence electrons. The maximum absolute atomic E-state index is 15.2. The van der Waals surface area contributed by atoms with Crippen molar-refractivity contribution < 1.29 is 66.7 Å². The van der Waals surface area contributed by atoms with E-state index in [1.807, 2.05) is 153 Å². The maximum atomic E-state index is 15.2. The lowest BCUT2D eigenvalue weighted by Gasteiger charge is -2.12. The lowest BCUT2D eigenvalue weighted by Crippen LogP contribution is -2.32. The van der Waals surface area contributed by atoms with Crippen LogP contribution < -0.4 is 18.3 Å². The van der Waals surface area contributed by atoms with Crippen LogP contribution in [-0.2, 0) is 28.2 Å². The quantitative estimate of drug-likeness (QED) is 0.112. The van der Waals surface area contributed by atoms with Gasteiger partial charge in [0, 0.05) is 85.1 Å². The minimum Gasteiger partial charge on any atom is -0.455 e. The van der Waals surface area contributed by atoms with Gasteiger partial charge in [-0.25, -0.2) is 49.0 Å². The van der Waals surface area contributed by atoms with Gasteiger partial charge in [-0.05, 0) is 199 Å². The first-order chi connectivity index (χ1) is 57.4. The molecule has 0 atom stereocenters. The van der Waals surface area contributed by atoms with Gasteiger partial charge in [-0.1, -0.05) is 129 Å². The van der Waals surface area contributed by atoms with Gasteiger partial charge in [-0.15, -0.1) is 0 Å². The number of fused-ring (bicyclic) bond motifs is 12. The molecule has 0 saturated carbocycles. The molecular formula is C105H91F7N4O4+4. The summed E-state index contributed by atoms with van der Waals surface area (Å²) in [5, 5.41) is 4.84. The standard InChI is InChI=1S/2C27H22F2NO.C27H23FNO.C24H24F2NO/c1-15-13-22(30(4)14-17(15)3)23-16(2)12-21(29)25-19-10-11-20(28)24(26(19)31-27(23)25)18-8-6-5-7-9-18;1-15-10-11-19-25-21(29)13-20(28)24(18-8-6-5-7-9-18)27(25)31-26(19)23(15)22-12-16(2)17(3)14-30(22)4;1-16-10-11-20-21-12-13-22(28)25(19-8-6-5-7-9-19)27(21)30-26(20)24(16)23-14-17(2)18(3)15-29(23)4;1-12(2)17-10-20(27(6)11-14(17)4)21-13(3)9-19(26)22-16-7-8-18(25)15(5)23(16)28-24(21)22/h2*5-14H,1-4H3;5-15H,1-4H3;7-12H,1-6H3/q4*+1. The van der Waals surface area contributed by atoms with E-state index in [0.717, 1.165) is 106 Å². The predicted octanol–water partition coefficient (Wildman–Crippen LogP) is 27.1. The molecule has 0 aliphatic heterocycles. The largest absolute Gasteiger partial charge is 0.455 e. The Morgan fingerprint density at radius 2 is 0.525 bits per heavy atom. The molecule has 0 aliphatic carbocycles. The Kier molecular flexibility index (Phi) is 21.2. The van der Waals surface area contributed by atoms with Crippen LogP contribution in [0.3, 0.4) is 0 Å². The van der Waals surface area contributed by atoms with Crippen LogP contribution in [0.25, 0.3) is 166 Å². The number of benzene rings is 11. The Balaban J connectivity index is 0.000000119. The van der Waals surface area contributed by atoms with Crippen LogP contribution in [0.5, 0.6) is 0 Å². The Labute approximate surface area is 691 Å². The molecule has 8 aromatic heterocycles. The van der Waals surface area contributed by atoms with Gasteiger partial charge in [-0.2, -0.15) is 0 Å². The van der Waals surface area contributed by atoms with E-state index in [1.54, 1.807) is 37.3 Å². The topological polar surface area (TPSA) is 68.1 Å². The van der Waals surface area contributed by atoms with Gasteiger partial charge in [0.25, 0.3) is 0 Å². The first-order valence-electron chi connectivity index (χ1n) is 40.1. The zero-order valence-corrected chi connectivity index (χ0v) is 70.4. The zero-order chi connectivity index (χ0) is 85.0. The first-order valence-corrected chi connectivity index (χ1v) is 40.1. The summed E-state index contributed by atoms with van der Waals surface area (Å²) in [7, 11) is 7.99. The molecule has 0 unspecified atom stereocenters. The van der Waals surface area contributed by atoms with Crippen LogP contribution in [0, 0.1) is 124 Å². The van der Waals surface area contributed by atoms with Crippen LogP contribution in [0.4, 0.5) is 30.7 Å². The van der Waals surface area contributed by atoms with Gasteiger partial charge in [0.15, 0.2) is 36.0 Å². The fraction of sp³-hybridized carbons (Fsp3) is 0.181. The Bertz CT molecular complexity index is 7400. The van der Waals surface area contributed by atoms with Gasteiger partial charge in [0.2, 0.25) is 22.8 Å². The average Bonchev–Trinajstić information content (AvgIpc) is 1.58. The molecule has 0 aliphatic rings. The summed E-state index contributed by atoms with van der Waals surface area (Å²) in [5.41, 5.74) is 28.3. The molecule has 8 heterocycles. The summed E-state index contributed by atoms with van der Waals surface area (Å²) in [4.78, 5) is 0. The van der Waals surface area contributed by atoms with Crippen molar-refractivity contribution in [1.29, 1.82) is 0 Å². The lowest BCUT2D eigenvalue weighted by molar-refractivity contribution is -0.660. The van der Waals surface area contributed by atoms with Gasteiger partial charge in [0.1, 0.15) is 102 Å². The second kappa shape index (κ2) is 31.5. The van der Waals surface area contributed by atoms with Gasteiger partial charge in [-0.3, -0.25) is 0 Å². The van der Waals surface area contributed by atoms with Crippen molar-refractivity contribution in [3.8, 4) is 78.4 Å². The molecule has 19 aromatic rings. The molecule has 0 bridgehead atoms. The monoisotopic (exact) mass is 1600 g/mol. The van der Waals surface area contributed by atoms with E-state index in [4.69, 9.17) is 17.7 Å². The van der Waals surface area contributed by atoms with E-state index in [9.17, 15) is 22.0 Å². The lowest BCUT2D eigenvalue weighted by atomic mass is 9.94. The molecule has 11 aromatic carbocycles. The van der Waals surface area contributed by atoms with Crippen LogP contribution in [0.1, 0.15) is 92.1 Å². The summed E-state index contributed by atoms with van der Waals surface area (Å²) >= 11 is 0. The van der Waals surface area contributed by atoms with E-state index >= 15 is 8.78 Å². The molecule has 0 N–H and O–H groups in total. The molecule has 0 amide bonds. The molecule has 120 heavy (non-hydrogen) atoms. The summed E-state index contributed by atoms with van der Waals surface area (Å²) in [6.45, 7) is 28.4. The van der Waals surface area contributed by atoms with E-state index in [0.29, 0.717) is 99.6 Å². The fourth-order valence-electron chi connectivity index (χ4n) is 17.2. The van der Waals surface area contributed by atoms with E-state index < -0.39 is 17.5 Å². The first kappa shape index (κ1) is 80.5. The van der Waals surface area contributed by atoms with E-state index in [1.165, 1.54) is 57.6 Å². The number of halogens is 7. The van der Waals surface area contributed by atoms with Crippen molar-refractivity contribution in [2.45, 2.75) is 103 Å². The van der Waals surface area contributed by atoms with Gasteiger partial charge in [0.05, 0.1) is 55.1 Å². The number of rotatable bonds is 8. The number of hydrogen-bond acceptors (Lipinski definition) is 4. The van der Waals surface area contributed by atoms with Crippen LogP contribution in [0.15, 0.2) is 237 Å². The Hall–Kier alpha value is -13.3. The molecule has 0 saturated heterocycles. The molecule has 0 radical (unpaired) electrons. The zero-order valence-electron chi connectivity index (χ0n) is 70.4. The predicted molar refractivity (Wildman–Crippen MR) is 468 cm³/mol. The minimum atomic E-state index is -0.634. The van der Waals surface area contributed by atoms with Crippen LogP contribution in [-0.4, -0.2) is 0 Å². The van der Waals surface area contributed by atoms with E-state index in [-0.39, 0.29) is 34.4 Å². The number of hydrogen-bond donors (Lipinski definition) is 0. The van der Waals surface area contributed by atoms with Crippen molar-refractivity contribution in [1.82, 2.24) is 0 Å². The molecular weight excluding hydrogens is 1510 g/mol. The van der Waals surface area contributed by atoms with E-state index in [2.05, 4.69) is 142 Å². The van der Waals surface area contributed by atoms with Crippen molar-refractivity contribution in [3.05, 3.63) is 332 Å². The molecule has 0 fully saturated rings. The number of nitrogens with zero attached hydrogens (tertiary/aromatic N) is 4. The summed E-state index contributed by atoms with van der Waals surface area (Å²) in [5.74, 6) is -2.63. The molecule has 15 heteroatoms. The third-order valence-corrected chi connectivity index (χ3v) is 23.8. The Morgan fingerprint density at radius 1 is 0.233 bits per heavy atom. The highest BCUT2D eigenvalue weighted by Crippen LogP contribution is 2.48. The van der Waals surface area contributed by atoms with Crippen molar-refractivity contribution in [3.63, 3.8) is 0 Å². The highest BCUT2D eigenvalue weighted by molar-refractivity contribution is 6.17. The smallest absolute Gasteiger partial charge is 0.216 e. The molecule has 0 spiro atoms. The number of aromatic nitrogens is 4. The van der Waals surface area contributed by atoms with Crippen LogP contribution >= 0.6 is 0 Å². The minimum absolute atomic E-state index is 0.233. The highest BCUT2D eigenvalue weighted by Gasteiger charge is 2.32. The third kappa shape index (κ3) is 14.0. The van der Waals surface area contributed by atoms with Crippen molar-refractivity contribution in [2.75, 3.05) is 0 Å². The van der Waals surface area contributed by atoms with Gasteiger partial charge < -0.3 is 17.7 Å². The normalized spacial score (nSPS) is 11.6. The second-order valence-corrected chi connectivity index (χ2v) is 32.3. The highest BCUT2D eigenvalue weighted by atomic mass is 19.2. The average molecular weight is 1610 g/mol. The van der Waals surface area contributed by atoms with Crippen molar-refractivity contribution >= 4 is 87.8 Å². The third-order valence-electron chi connectivity index (χ3n) is 23.8. The fourth-order valence-corrected chi connectivity index (χ4v) is 17.2. The number of furan rings is 4. The molecule has 8 nitrogen and oxygen atoms in total. The summed E-state index contributed by atoms with van der Waals surface area (Å²) < 4.78 is 138. The number of pyridine rings is 4. The van der Waals surface area contributed by atoms with Gasteiger partial charge >= 0.3 is 0 Å². The summed E-state index contributed by atoms with van der Waals surface area (Å²) in [6, 6.07) is 57.9. The molecule has 19 rings (SSSR count). The van der Waals surface area contributed by atoms with Crippen LogP contribution in [0.2, 0.25) is 0 Å². The Morgan fingerprint density at radius 3 is 0.942 bits per heavy atom. The SMILES string of the molecule is Cc1c[n+](C)c(-c2c(C)cc(F)c3c2oc2c(C)c(F)ccc23)cc1C(C)C.Cc1cc(-c2c(C)cc(F)c3c2oc2c(-c4ccccc4)c(F)ccc23)[n+](C)cc1C.Cc1cc(-c2c(C)ccc3c2oc2c(-c4ccccc4)c(F)cc(F)c23)[n+](C)cc1C.Cc1cc(-c2c(C)ccc3c2oc2c(-c4ccccc4)c(F)ccc23)[n+](C)cc1C. The van der Waals surface area contributed by atoms with Crippen molar-refractivity contribution in [2.24, 2.45) is 28.2 Å². The maximum Gasteiger partial charge on any atom is 0.216 e.